The van der Waals surface area contributed by atoms with Gasteiger partial charge in [-0.15, -0.1) is 10.2 Å². The van der Waals surface area contributed by atoms with E-state index in [1.807, 2.05) is 38.1 Å². The van der Waals surface area contributed by atoms with Crippen molar-refractivity contribution in [3.05, 3.63) is 47.2 Å². The van der Waals surface area contributed by atoms with Crippen molar-refractivity contribution in [2.45, 2.75) is 39.8 Å². The Bertz CT molecular complexity index is 565. The zero-order chi connectivity index (χ0) is 15.4. The first-order chi connectivity index (χ1) is 10.0. The fraction of sp³-hybridized carbons (Fsp3) is 0.500. The normalized spacial score (nSPS) is 14.4. The molecule has 0 radical (unpaired) electrons. The minimum atomic E-state index is -0.531. The monoisotopic (exact) mass is 289 g/mol. The Morgan fingerprint density at radius 2 is 1.86 bits per heavy atom. The van der Waals surface area contributed by atoms with Crippen LogP contribution in [0.15, 0.2) is 28.7 Å². The van der Waals surface area contributed by atoms with E-state index in [1.165, 1.54) is 5.56 Å². The highest BCUT2D eigenvalue weighted by atomic mass is 16.4. The Kier molecular flexibility index (Phi) is 5.09. The highest BCUT2D eigenvalue weighted by molar-refractivity contribution is 5.23. The quantitative estimate of drug-likeness (QED) is 0.886. The molecule has 114 valence electrons. The second-order valence-electron chi connectivity index (χ2n) is 5.35. The first kappa shape index (κ1) is 15.7. The number of aliphatic hydroxyl groups is 1. The van der Waals surface area contributed by atoms with Crippen LogP contribution in [-0.4, -0.2) is 33.3 Å². The van der Waals surface area contributed by atoms with Gasteiger partial charge in [0.15, 0.2) is 0 Å². The number of aryl methyl sites for hydroxylation is 2. The number of benzene rings is 1. The standard InChI is InChI=1S/C16H23N3O2/c1-5-19(12(3)16-18-17-13(4)21-16)10-15(20)14-8-6-11(2)7-9-14/h6-9,12,15,20H,5,10H2,1-4H3. The van der Waals surface area contributed by atoms with Crippen LogP contribution in [0.2, 0.25) is 0 Å². The largest absolute Gasteiger partial charge is 0.424 e. The van der Waals surface area contributed by atoms with Crippen molar-refractivity contribution in [1.29, 1.82) is 0 Å². The maximum absolute atomic E-state index is 10.4. The Hall–Kier alpha value is -1.72. The third-order valence-corrected chi connectivity index (χ3v) is 3.72. The summed E-state index contributed by atoms with van der Waals surface area (Å²) in [5, 5.41) is 18.3. The van der Waals surface area contributed by atoms with E-state index in [4.69, 9.17) is 4.42 Å². The van der Waals surface area contributed by atoms with Gasteiger partial charge in [-0.2, -0.15) is 0 Å². The van der Waals surface area contributed by atoms with Crippen LogP contribution in [0, 0.1) is 13.8 Å². The summed E-state index contributed by atoms with van der Waals surface area (Å²) in [7, 11) is 0. The fourth-order valence-electron chi connectivity index (χ4n) is 2.31. The van der Waals surface area contributed by atoms with E-state index in [2.05, 4.69) is 22.0 Å². The molecule has 0 saturated heterocycles. The van der Waals surface area contributed by atoms with Gasteiger partial charge in [-0.05, 0) is 26.0 Å². The van der Waals surface area contributed by atoms with Gasteiger partial charge in [0.2, 0.25) is 11.8 Å². The summed E-state index contributed by atoms with van der Waals surface area (Å²) in [5.41, 5.74) is 2.11. The van der Waals surface area contributed by atoms with Gasteiger partial charge in [-0.1, -0.05) is 36.8 Å². The molecule has 0 amide bonds. The molecule has 2 unspecified atom stereocenters. The average molecular weight is 289 g/mol. The molecule has 0 spiro atoms. The van der Waals surface area contributed by atoms with Gasteiger partial charge < -0.3 is 9.52 Å². The molecule has 1 N–H and O–H groups in total. The topological polar surface area (TPSA) is 62.4 Å². The lowest BCUT2D eigenvalue weighted by Crippen LogP contribution is -2.31. The van der Waals surface area contributed by atoms with Gasteiger partial charge in [0.1, 0.15) is 0 Å². The number of aromatic nitrogens is 2. The third kappa shape index (κ3) is 3.89. The molecule has 2 atom stereocenters. The molecule has 5 heteroatoms. The van der Waals surface area contributed by atoms with E-state index in [-0.39, 0.29) is 6.04 Å². The van der Waals surface area contributed by atoms with Crippen molar-refractivity contribution in [3.8, 4) is 0 Å². The van der Waals surface area contributed by atoms with Crippen LogP contribution in [0.25, 0.3) is 0 Å². The summed E-state index contributed by atoms with van der Waals surface area (Å²) < 4.78 is 5.49. The lowest BCUT2D eigenvalue weighted by atomic mass is 10.1. The Morgan fingerprint density at radius 3 is 2.38 bits per heavy atom. The van der Waals surface area contributed by atoms with Crippen LogP contribution < -0.4 is 0 Å². The van der Waals surface area contributed by atoms with Gasteiger partial charge in [0, 0.05) is 13.5 Å². The number of rotatable bonds is 6. The lowest BCUT2D eigenvalue weighted by molar-refractivity contribution is 0.0862. The Balaban J connectivity index is 2.06. The summed E-state index contributed by atoms with van der Waals surface area (Å²) in [6.45, 7) is 9.21. The van der Waals surface area contributed by atoms with Gasteiger partial charge in [-0.3, -0.25) is 4.90 Å². The SMILES string of the molecule is CCN(CC(O)c1ccc(C)cc1)C(C)c1nnc(C)o1. The van der Waals surface area contributed by atoms with Crippen molar-refractivity contribution in [1.82, 2.24) is 15.1 Å². The molecule has 0 aliphatic heterocycles. The summed E-state index contributed by atoms with van der Waals surface area (Å²) in [5.74, 6) is 1.15. The number of hydrogen-bond donors (Lipinski definition) is 1. The molecule has 5 nitrogen and oxygen atoms in total. The molecule has 0 fully saturated rings. The molecular formula is C16H23N3O2. The molecule has 1 aromatic heterocycles. The maximum Gasteiger partial charge on any atom is 0.233 e. The minimum Gasteiger partial charge on any atom is -0.424 e. The molecule has 2 rings (SSSR count). The van der Waals surface area contributed by atoms with E-state index in [0.717, 1.165) is 12.1 Å². The molecule has 1 heterocycles. The molecule has 21 heavy (non-hydrogen) atoms. The van der Waals surface area contributed by atoms with Crippen LogP contribution in [-0.2, 0) is 0 Å². The van der Waals surface area contributed by atoms with Crippen molar-refractivity contribution < 1.29 is 9.52 Å². The average Bonchev–Trinajstić information content (AvgIpc) is 2.91. The third-order valence-electron chi connectivity index (χ3n) is 3.72. The van der Waals surface area contributed by atoms with E-state index < -0.39 is 6.10 Å². The predicted octanol–water partition coefficient (Wildman–Crippen LogP) is 2.80. The maximum atomic E-state index is 10.4. The van der Waals surface area contributed by atoms with Gasteiger partial charge >= 0.3 is 0 Å². The Morgan fingerprint density at radius 1 is 1.19 bits per heavy atom. The van der Waals surface area contributed by atoms with Gasteiger partial charge in [0.05, 0.1) is 12.1 Å². The number of hydrogen-bond acceptors (Lipinski definition) is 5. The number of likely N-dealkylation sites (N-methyl/N-ethyl adjacent to an activating group) is 1. The number of nitrogens with zero attached hydrogens (tertiary/aromatic N) is 3. The summed E-state index contributed by atoms with van der Waals surface area (Å²) in [6, 6.07) is 7.94. The molecule has 0 saturated carbocycles. The summed E-state index contributed by atoms with van der Waals surface area (Å²) >= 11 is 0. The van der Waals surface area contributed by atoms with E-state index in [9.17, 15) is 5.11 Å². The van der Waals surface area contributed by atoms with E-state index in [0.29, 0.717) is 18.3 Å². The smallest absolute Gasteiger partial charge is 0.233 e. The molecule has 0 aliphatic rings. The highest BCUT2D eigenvalue weighted by Crippen LogP contribution is 2.22. The summed E-state index contributed by atoms with van der Waals surface area (Å²) in [4.78, 5) is 2.12. The van der Waals surface area contributed by atoms with Gasteiger partial charge in [0.25, 0.3) is 0 Å². The van der Waals surface area contributed by atoms with Crippen molar-refractivity contribution in [2.24, 2.45) is 0 Å². The Labute approximate surface area is 125 Å². The first-order valence-corrected chi connectivity index (χ1v) is 7.30. The van der Waals surface area contributed by atoms with Crippen LogP contribution in [0.1, 0.15) is 48.9 Å². The first-order valence-electron chi connectivity index (χ1n) is 7.30. The minimum absolute atomic E-state index is 0.0173. The lowest BCUT2D eigenvalue weighted by Gasteiger charge is -2.27. The fourth-order valence-corrected chi connectivity index (χ4v) is 2.31. The predicted molar refractivity (Wildman–Crippen MR) is 80.8 cm³/mol. The summed E-state index contributed by atoms with van der Waals surface area (Å²) in [6.07, 6.45) is -0.531. The zero-order valence-corrected chi connectivity index (χ0v) is 13.1. The van der Waals surface area contributed by atoms with E-state index in [1.54, 1.807) is 6.92 Å². The second-order valence-corrected chi connectivity index (χ2v) is 5.35. The van der Waals surface area contributed by atoms with Crippen molar-refractivity contribution >= 4 is 0 Å². The zero-order valence-electron chi connectivity index (χ0n) is 13.1. The molecule has 1 aromatic carbocycles. The van der Waals surface area contributed by atoms with Crippen LogP contribution in [0.5, 0.6) is 0 Å². The molecule has 0 bridgehead atoms. The second kappa shape index (κ2) is 6.83. The molecule has 0 aliphatic carbocycles. The van der Waals surface area contributed by atoms with Crippen LogP contribution in [0.3, 0.4) is 0 Å². The number of aliphatic hydroxyl groups excluding tert-OH is 1. The van der Waals surface area contributed by atoms with Crippen LogP contribution >= 0.6 is 0 Å². The van der Waals surface area contributed by atoms with Crippen molar-refractivity contribution in [3.63, 3.8) is 0 Å². The van der Waals surface area contributed by atoms with E-state index >= 15 is 0 Å². The van der Waals surface area contributed by atoms with Crippen LogP contribution in [0.4, 0.5) is 0 Å². The highest BCUT2D eigenvalue weighted by Gasteiger charge is 2.22. The molecular weight excluding hydrogens is 266 g/mol. The van der Waals surface area contributed by atoms with Gasteiger partial charge in [-0.25, -0.2) is 0 Å². The molecule has 2 aromatic rings. The van der Waals surface area contributed by atoms with Crippen molar-refractivity contribution in [2.75, 3.05) is 13.1 Å².